The summed E-state index contributed by atoms with van der Waals surface area (Å²) in [7, 11) is -3.24. The number of halogens is 1. The van der Waals surface area contributed by atoms with Gasteiger partial charge in [-0.1, -0.05) is 28.1 Å². The van der Waals surface area contributed by atoms with Crippen molar-refractivity contribution in [2.45, 2.75) is 19.5 Å². The van der Waals surface area contributed by atoms with Crippen LogP contribution in [0.15, 0.2) is 47.1 Å². The van der Waals surface area contributed by atoms with E-state index in [1.54, 1.807) is 11.2 Å². The number of hydrogen-bond acceptors (Lipinski definition) is 2. The van der Waals surface area contributed by atoms with Gasteiger partial charge in [0.1, 0.15) is 0 Å². The Morgan fingerprint density at radius 1 is 1.19 bits per heavy atom. The van der Waals surface area contributed by atoms with E-state index in [1.165, 1.54) is 0 Å². The number of rotatable bonds is 3. The van der Waals surface area contributed by atoms with Crippen LogP contribution >= 0.6 is 15.9 Å². The highest BCUT2D eigenvalue weighted by Crippen LogP contribution is 2.34. The summed E-state index contributed by atoms with van der Waals surface area (Å²) < 4.78 is 29.6. The third-order valence-electron chi connectivity index (χ3n) is 3.90. The van der Waals surface area contributed by atoms with Crippen molar-refractivity contribution in [1.82, 2.24) is 8.87 Å². The van der Waals surface area contributed by atoms with E-state index in [0.717, 1.165) is 15.7 Å². The summed E-state index contributed by atoms with van der Waals surface area (Å²) in [6.07, 6.45) is 2.01. The van der Waals surface area contributed by atoms with Crippen LogP contribution in [0.25, 0.3) is 0 Å². The van der Waals surface area contributed by atoms with Gasteiger partial charge in [0.05, 0.1) is 11.8 Å². The van der Waals surface area contributed by atoms with Gasteiger partial charge in [0, 0.05) is 29.5 Å². The number of benzene rings is 1. The molecule has 1 unspecified atom stereocenters. The lowest BCUT2D eigenvalue weighted by Crippen LogP contribution is -2.43. The number of hydrogen-bond donors (Lipinski definition) is 0. The SMILES string of the molecule is CCS(=O)(=O)N1CCn2cccc2C1c1ccc(Br)cc1. The van der Waals surface area contributed by atoms with E-state index in [9.17, 15) is 8.42 Å². The van der Waals surface area contributed by atoms with Crippen LogP contribution in [-0.4, -0.2) is 29.6 Å². The Labute approximate surface area is 133 Å². The van der Waals surface area contributed by atoms with Crippen LogP contribution in [-0.2, 0) is 16.6 Å². The van der Waals surface area contributed by atoms with Gasteiger partial charge in [-0.05, 0) is 36.8 Å². The average Bonchev–Trinajstić information content (AvgIpc) is 2.95. The zero-order valence-electron chi connectivity index (χ0n) is 11.7. The molecule has 21 heavy (non-hydrogen) atoms. The zero-order chi connectivity index (χ0) is 15.0. The van der Waals surface area contributed by atoms with Gasteiger partial charge in [-0.3, -0.25) is 0 Å². The molecule has 1 aromatic heterocycles. The topological polar surface area (TPSA) is 42.3 Å². The van der Waals surface area contributed by atoms with Crippen molar-refractivity contribution in [2.24, 2.45) is 0 Å². The molecule has 0 N–H and O–H groups in total. The van der Waals surface area contributed by atoms with Crippen molar-refractivity contribution < 1.29 is 8.42 Å². The Balaban J connectivity index is 2.12. The first kappa shape index (κ1) is 14.8. The van der Waals surface area contributed by atoms with E-state index in [1.807, 2.05) is 42.6 Å². The Kier molecular flexibility index (Phi) is 3.94. The molecule has 6 heteroatoms. The molecule has 0 bridgehead atoms. The van der Waals surface area contributed by atoms with Crippen LogP contribution in [0.1, 0.15) is 24.2 Å². The molecule has 1 aromatic carbocycles. The maximum atomic E-state index is 12.4. The summed E-state index contributed by atoms with van der Waals surface area (Å²) in [4.78, 5) is 0. The molecular weight excluding hydrogens is 352 g/mol. The monoisotopic (exact) mass is 368 g/mol. The van der Waals surface area contributed by atoms with Crippen molar-refractivity contribution in [3.63, 3.8) is 0 Å². The summed E-state index contributed by atoms with van der Waals surface area (Å²) >= 11 is 3.42. The van der Waals surface area contributed by atoms with E-state index in [0.29, 0.717) is 13.1 Å². The van der Waals surface area contributed by atoms with Gasteiger partial charge in [-0.2, -0.15) is 4.31 Å². The molecule has 0 radical (unpaired) electrons. The van der Waals surface area contributed by atoms with Gasteiger partial charge in [0.15, 0.2) is 0 Å². The van der Waals surface area contributed by atoms with Gasteiger partial charge >= 0.3 is 0 Å². The lowest BCUT2D eigenvalue weighted by Gasteiger charge is -2.36. The fourth-order valence-electron chi connectivity index (χ4n) is 2.81. The van der Waals surface area contributed by atoms with Gasteiger partial charge < -0.3 is 4.57 Å². The van der Waals surface area contributed by atoms with Crippen molar-refractivity contribution >= 4 is 26.0 Å². The van der Waals surface area contributed by atoms with Crippen LogP contribution < -0.4 is 0 Å². The number of aromatic nitrogens is 1. The molecule has 0 saturated carbocycles. The van der Waals surface area contributed by atoms with Crippen LogP contribution in [0.4, 0.5) is 0 Å². The molecule has 2 aromatic rings. The first-order valence-electron chi connectivity index (χ1n) is 6.93. The maximum Gasteiger partial charge on any atom is 0.214 e. The molecule has 1 aliphatic heterocycles. The zero-order valence-corrected chi connectivity index (χ0v) is 14.1. The minimum Gasteiger partial charge on any atom is -0.348 e. The van der Waals surface area contributed by atoms with Crippen molar-refractivity contribution in [1.29, 1.82) is 0 Å². The lowest BCUT2D eigenvalue weighted by molar-refractivity contribution is 0.299. The first-order valence-corrected chi connectivity index (χ1v) is 9.33. The molecule has 1 atom stereocenters. The highest BCUT2D eigenvalue weighted by atomic mass is 79.9. The number of nitrogens with zero attached hydrogens (tertiary/aromatic N) is 2. The second-order valence-electron chi connectivity index (χ2n) is 5.09. The van der Waals surface area contributed by atoms with Crippen molar-refractivity contribution in [2.75, 3.05) is 12.3 Å². The largest absolute Gasteiger partial charge is 0.348 e. The third kappa shape index (κ3) is 2.67. The Bertz CT molecular complexity index is 737. The van der Waals surface area contributed by atoms with Crippen molar-refractivity contribution in [3.05, 3.63) is 58.3 Å². The van der Waals surface area contributed by atoms with Crippen LogP contribution in [0.5, 0.6) is 0 Å². The molecule has 1 aliphatic rings. The molecule has 3 rings (SSSR count). The van der Waals surface area contributed by atoms with E-state index in [-0.39, 0.29) is 11.8 Å². The standard InChI is InChI=1S/C15H17BrN2O2S/c1-2-21(19,20)18-11-10-17-9-3-4-14(17)15(18)12-5-7-13(16)8-6-12/h3-9,15H,2,10-11H2,1H3. The molecule has 0 saturated heterocycles. The molecule has 0 spiro atoms. The minimum atomic E-state index is -3.24. The van der Waals surface area contributed by atoms with Gasteiger partial charge in [-0.25, -0.2) is 8.42 Å². The maximum absolute atomic E-state index is 12.4. The van der Waals surface area contributed by atoms with Gasteiger partial charge in [-0.15, -0.1) is 0 Å². The fraction of sp³-hybridized carbons (Fsp3) is 0.333. The molecule has 0 fully saturated rings. The summed E-state index contributed by atoms with van der Waals surface area (Å²) in [6.45, 7) is 2.91. The lowest BCUT2D eigenvalue weighted by atomic mass is 10.0. The Hall–Kier alpha value is -1.11. The second-order valence-corrected chi connectivity index (χ2v) is 8.22. The van der Waals surface area contributed by atoms with E-state index in [2.05, 4.69) is 20.5 Å². The van der Waals surface area contributed by atoms with Gasteiger partial charge in [0.25, 0.3) is 0 Å². The second kappa shape index (κ2) is 5.59. The van der Waals surface area contributed by atoms with Crippen molar-refractivity contribution in [3.8, 4) is 0 Å². The molecule has 2 heterocycles. The summed E-state index contributed by atoms with van der Waals surface area (Å²) in [5.41, 5.74) is 2.02. The minimum absolute atomic E-state index is 0.126. The smallest absolute Gasteiger partial charge is 0.214 e. The van der Waals surface area contributed by atoms with E-state index >= 15 is 0 Å². The van der Waals surface area contributed by atoms with Crippen LogP contribution in [0.2, 0.25) is 0 Å². The quantitative estimate of drug-likeness (QED) is 0.835. The van der Waals surface area contributed by atoms with Gasteiger partial charge in [0.2, 0.25) is 10.0 Å². The normalized spacial score (nSPS) is 19.4. The number of fused-ring (bicyclic) bond motifs is 1. The van der Waals surface area contributed by atoms with E-state index in [4.69, 9.17) is 0 Å². The third-order valence-corrected chi connectivity index (χ3v) is 6.27. The Morgan fingerprint density at radius 2 is 1.90 bits per heavy atom. The first-order chi connectivity index (χ1) is 10.0. The summed E-state index contributed by atoms with van der Waals surface area (Å²) in [5, 5.41) is 0. The predicted octanol–water partition coefficient (Wildman–Crippen LogP) is 3.01. The molecule has 0 aliphatic carbocycles. The summed E-state index contributed by atoms with van der Waals surface area (Å²) in [5.74, 6) is 0.126. The molecular formula is C15H17BrN2O2S. The molecule has 0 amide bonds. The van der Waals surface area contributed by atoms with E-state index < -0.39 is 10.0 Å². The number of sulfonamides is 1. The highest BCUT2D eigenvalue weighted by molar-refractivity contribution is 9.10. The molecule has 4 nitrogen and oxygen atoms in total. The van der Waals surface area contributed by atoms with Crippen LogP contribution in [0, 0.1) is 0 Å². The fourth-order valence-corrected chi connectivity index (χ4v) is 4.32. The average molecular weight is 369 g/mol. The predicted molar refractivity (Wildman–Crippen MR) is 86.6 cm³/mol. The molecule has 112 valence electrons. The summed E-state index contributed by atoms with van der Waals surface area (Å²) in [6, 6.07) is 11.6. The van der Waals surface area contributed by atoms with Crippen LogP contribution in [0.3, 0.4) is 0 Å². The highest BCUT2D eigenvalue weighted by Gasteiger charge is 2.35. The Morgan fingerprint density at radius 3 is 2.57 bits per heavy atom.